The standard InChI is InChI=1S/C15H30/c1-7-10(2)11(3)8-15-9-12(4)13(5)14(15)6/h10-15H,7-9H2,1-6H3. The van der Waals surface area contributed by atoms with E-state index in [9.17, 15) is 0 Å². The van der Waals surface area contributed by atoms with Crippen LogP contribution >= 0.6 is 0 Å². The molecule has 1 aliphatic carbocycles. The summed E-state index contributed by atoms with van der Waals surface area (Å²) in [5.41, 5.74) is 0. The van der Waals surface area contributed by atoms with Gasteiger partial charge in [-0.1, -0.05) is 48.0 Å². The minimum atomic E-state index is 0.906. The molecule has 6 unspecified atom stereocenters. The lowest BCUT2D eigenvalue weighted by molar-refractivity contribution is 0.250. The van der Waals surface area contributed by atoms with Gasteiger partial charge in [0.2, 0.25) is 0 Å². The van der Waals surface area contributed by atoms with Gasteiger partial charge in [0.25, 0.3) is 0 Å². The molecule has 0 heterocycles. The average Bonchev–Trinajstić information content (AvgIpc) is 2.45. The minimum Gasteiger partial charge on any atom is -0.0651 e. The van der Waals surface area contributed by atoms with Crippen LogP contribution in [0.3, 0.4) is 0 Å². The van der Waals surface area contributed by atoms with Crippen LogP contribution in [0.5, 0.6) is 0 Å². The van der Waals surface area contributed by atoms with Crippen LogP contribution in [0.2, 0.25) is 0 Å². The third kappa shape index (κ3) is 2.98. The van der Waals surface area contributed by atoms with Crippen molar-refractivity contribution in [3.8, 4) is 0 Å². The Morgan fingerprint density at radius 1 is 1.00 bits per heavy atom. The fourth-order valence-corrected chi connectivity index (χ4v) is 3.28. The maximum Gasteiger partial charge on any atom is -0.0381 e. The van der Waals surface area contributed by atoms with Crippen LogP contribution in [0.15, 0.2) is 0 Å². The van der Waals surface area contributed by atoms with Gasteiger partial charge in [-0.3, -0.25) is 0 Å². The number of hydrogen-bond acceptors (Lipinski definition) is 0. The third-order valence-corrected chi connectivity index (χ3v) is 5.43. The van der Waals surface area contributed by atoms with Gasteiger partial charge in [0.05, 0.1) is 0 Å². The van der Waals surface area contributed by atoms with E-state index in [-0.39, 0.29) is 0 Å². The molecule has 0 N–H and O–H groups in total. The van der Waals surface area contributed by atoms with Crippen molar-refractivity contribution in [3.63, 3.8) is 0 Å². The Balaban J connectivity index is 2.46. The van der Waals surface area contributed by atoms with Crippen LogP contribution in [-0.4, -0.2) is 0 Å². The smallest absolute Gasteiger partial charge is 0.0381 e. The predicted molar refractivity (Wildman–Crippen MR) is 68.8 cm³/mol. The van der Waals surface area contributed by atoms with Crippen molar-refractivity contribution in [1.82, 2.24) is 0 Å². The lowest BCUT2D eigenvalue weighted by Gasteiger charge is -2.25. The Morgan fingerprint density at radius 2 is 1.60 bits per heavy atom. The molecule has 0 heteroatoms. The molecule has 0 aromatic rings. The Kier molecular flexibility index (Phi) is 4.67. The van der Waals surface area contributed by atoms with E-state index < -0.39 is 0 Å². The fraction of sp³-hybridized carbons (Fsp3) is 1.00. The van der Waals surface area contributed by atoms with E-state index in [1.54, 1.807) is 0 Å². The van der Waals surface area contributed by atoms with Crippen molar-refractivity contribution in [2.45, 2.75) is 60.8 Å². The Hall–Kier alpha value is 0. The van der Waals surface area contributed by atoms with E-state index in [1.807, 2.05) is 0 Å². The summed E-state index contributed by atoms with van der Waals surface area (Å²) >= 11 is 0. The maximum atomic E-state index is 2.47. The van der Waals surface area contributed by atoms with Gasteiger partial charge in [-0.15, -0.1) is 0 Å². The van der Waals surface area contributed by atoms with E-state index in [4.69, 9.17) is 0 Å². The van der Waals surface area contributed by atoms with Gasteiger partial charge >= 0.3 is 0 Å². The highest BCUT2D eigenvalue weighted by Crippen LogP contribution is 2.44. The molecule has 0 spiro atoms. The van der Waals surface area contributed by atoms with Crippen molar-refractivity contribution in [2.24, 2.45) is 35.5 Å². The van der Waals surface area contributed by atoms with Crippen LogP contribution in [-0.2, 0) is 0 Å². The summed E-state index contributed by atoms with van der Waals surface area (Å²) in [6.07, 6.45) is 4.28. The first-order chi connectivity index (χ1) is 6.97. The van der Waals surface area contributed by atoms with E-state index >= 15 is 0 Å². The van der Waals surface area contributed by atoms with Gasteiger partial charge in [0.1, 0.15) is 0 Å². The molecule has 0 aromatic heterocycles. The second kappa shape index (κ2) is 5.37. The molecule has 90 valence electrons. The summed E-state index contributed by atoms with van der Waals surface area (Å²) in [4.78, 5) is 0. The minimum absolute atomic E-state index is 0.906. The molecule has 0 bridgehead atoms. The summed E-state index contributed by atoms with van der Waals surface area (Å²) in [6, 6.07) is 0. The van der Waals surface area contributed by atoms with Crippen LogP contribution in [0.25, 0.3) is 0 Å². The van der Waals surface area contributed by atoms with Crippen molar-refractivity contribution >= 4 is 0 Å². The van der Waals surface area contributed by atoms with Crippen molar-refractivity contribution in [2.75, 3.05) is 0 Å². The molecule has 1 rings (SSSR count). The zero-order chi connectivity index (χ0) is 11.6. The monoisotopic (exact) mass is 210 g/mol. The van der Waals surface area contributed by atoms with Crippen molar-refractivity contribution in [1.29, 1.82) is 0 Å². The molecule has 0 saturated heterocycles. The van der Waals surface area contributed by atoms with Crippen LogP contribution < -0.4 is 0 Å². The highest BCUT2D eigenvalue weighted by molar-refractivity contribution is 4.85. The second-order valence-electron chi connectivity index (χ2n) is 6.29. The molecular weight excluding hydrogens is 180 g/mol. The third-order valence-electron chi connectivity index (χ3n) is 5.43. The van der Waals surface area contributed by atoms with Gasteiger partial charge in [-0.2, -0.15) is 0 Å². The lowest BCUT2D eigenvalue weighted by atomic mass is 9.81. The Bertz CT molecular complexity index is 184. The molecule has 0 nitrogen and oxygen atoms in total. The maximum absolute atomic E-state index is 2.47. The van der Waals surface area contributed by atoms with Crippen molar-refractivity contribution < 1.29 is 0 Å². The van der Waals surface area contributed by atoms with Crippen LogP contribution in [0, 0.1) is 35.5 Å². The van der Waals surface area contributed by atoms with E-state index in [1.165, 1.54) is 19.3 Å². The molecule has 6 atom stereocenters. The topological polar surface area (TPSA) is 0 Å². The van der Waals surface area contributed by atoms with Gasteiger partial charge in [0.15, 0.2) is 0 Å². The zero-order valence-corrected chi connectivity index (χ0v) is 11.6. The molecular formula is C15H30. The first-order valence-corrected chi connectivity index (χ1v) is 6.97. The van der Waals surface area contributed by atoms with E-state index in [2.05, 4.69) is 41.5 Å². The molecule has 0 aliphatic heterocycles. The van der Waals surface area contributed by atoms with Gasteiger partial charge in [0, 0.05) is 0 Å². The second-order valence-corrected chi connectivity index (χ2v) is 6.29. The first-order valence-electron chi connectivity index (χ1n) is 6.97. The molecule has 1 fully saturated rings. The Labute approximate surface area is 96.8 Å². The van der Waals surface area contributed by atoms with E-state index in [0.717, 1.165) is 35.5 Å². The van der Waals surface area contributed by atoms with Gasteiger partial charge < -0.3 is 0 Å². The van der Waals surface area contributed by atoms with Crippen LogP contribution in [0.1, 0.15) is 60.8 Å². The largest absolute Gasteiger partial charge is 0.0651 e. The zero-order valence-electron chi connectivity index (χ0n) is 11.6. The molecule has 1 saturated carbocycles. The van der Waals surface area contributed by atoms with Crippen molar-refractivity contribution in [3.05, 3.63) is 0 Å². The summed E-state index contributed by atoms with van der Waals surface area (Å²) in [5, 5.41) is 0. The quantitative estimate of drug-likeness (QED) is 0.613. The lowest BCUT2D eigenvalue weighted by Crippen LogP contribution is -2.16. The molecule has 15 heavy (non-hydrogen) atoms. The van der Waals surface area contributed by atoms with Crippen LogP contribution in [0.4, 0.5) is 0 Å². The molecule has 0 aromatic carbocycles. The Morgan fingerprint density at radius 3 is 2.00 bits per heavy atom. The first kappa shape index (κ1) is 13.1. The summed E-state index contributed by atoms with van der Waals surface area (Å²) in [5.74, 6) is 5.67. The molecule has 1 aliphatic rings. The number of hydrogen-bond donors (Lipinski definition) is 0. The highest BCUT2D eigenvalue weighted by Gasteiger charge is 2.36. The summed E-state index contributed by atoms with van der Waals surface area (Å²) < 4.78 is 0. The van der Waals surface area contributed by atoms with E-state index in [0.29, 0.717) is 0 Å². The SMILES string of the molecule is CCC(C)C(C)CC1CC(C)C(C)C1C. The fourth-order valence-electron chi connectivity index (χ4n) is 3.28. The van der Waals surface area contributed by atoms with Gasteiger partial charge in [-0.25, -0.2) is 0 Å². The average molecular weight is 210 g/mol. The molecule has 0 amide bonds. The summed E-state index contributed by atoms with van der Waals surface area (Å²) in [6.45, 7) is 14.6. The van der Waals surface area contributed by atoms with Gasteiger partial charge in [-0.05, 0) is 48.3 Å². The molecule has 0 radical (unpaired) electrons. The highest BCUT2D eigenvalue weighted by atomic mass is 14.4. The number of rotatable bonds is 4. The predicted octanol–water partition coefficient (Wildman–Crippen LogP) is 4.99. The normalized spacial score (nSPS) is 40.4. The summed E-state index contributed by atoms with van der Waals surface area (Å²) in [7, 11) is 0.